The van der Waals surface area contributed by atoms with Crippen LogP contribution in [-0.4, -0.2) is 15.0 Å². The van der Waals surface area contributed by atoms with E-state index < -0.39 is 0 Å². The Hall–Kier alpha value is -1.92. The van der Waals surface area contributed by atoms with E-state index in [2.05, 4.69) is 26.3 Å². The molecule has 7 heteroatoms. The third-order valence-electron chi connectivity index (χ3n) is 2.90. The van der Waals surface area contributed by atoms with Crippen LogP contribution < -0.4 is 11.1 Å². The van der Waals surface area contributed by atoms with Crippen molar-refractivity contribution in [3.05, 3.63) is 41.3 Å². The van der Waals surface area contributed by atoms with Gasteiger partial charge in [-0.3, -0.25) is 4.98 Å². The van der Waals surface area contributed by atoms with Crippen LogP contribution in [0.15, 0.2) is 30.6 Å². The molecule has 0 bridgehead atoms. The summed E-state index contributed by atoms with van der Waals surface area (Å²) in [6.45, 7) is 2.05. The second-order valence-electron chi connectivity index (χ2n) is 4.37. The molecular weight excluding hydrogens is 294 g/mol. The first-order chi connectivity index (χ1) is 9.61. The van der Waals surface area contributed by atoms with Crippen molar-refractivity contribution >= 4 is 44.1 Å². The average Bonchev–Trinajstić information content (AvgIpc) is 2.77. The fraction of sp³-hybridized carbons (Fsp3) is 0.154. The summed E-state index contributed by atoms with van der Waals surface area (Å²) in [4.78, 5) is 12.4. The van der Waals surface area contributed by atoms with Crippen LogP contribution in [0.1, 0.15) is 18.5 Å². The summed E-state index contributed by atoms with van der Waals surface area (Å²) in [7, 11) is 0. The lowest BCUT2D eigenvalue weighted by molar-refractivity contribution is 0.873. The number of hydrogen-bond donors (Lipinski definition) is 2. The zero-order valence-corrected chi connectivity index (χ0v) is 12.2. The smallest absolute Gasteiger partial charge is 0.181 e. The van der Waals surface area contributed by atoms with E-state index in [9.17, 15) is 0 Å². The van der Waals surface area contributed by atoms with Crippen LogP contribution in [-0.2, 0) is 0 Å². The standard InChI is InChI=1S/C13H12ClN5S/c1-7(17-12-6-16-5-11(14)19-12)8-2-3-9-10(4-8)20-13(15)18-9/h2-7H,1H3,(H2,15,18)(H,17,19). The molecule has 0 spiro atoms. The van der Waals surface area contributed by atoms with Gasteiger partial charge in [0.05, 0.1) is 28.7 Å². The van der Waals surface area contributed by atoms with E-state index >= 15 is 0 Å². The molecular formula is C13H12ClN5S. The number of nitrogens with one attached hydrogen (secondary N) is 1. The predicted molar refractivity (Wildman–Crippen MR) is 83.1 cm³/mol. The molecule has 20 heavy (non-hydrogen) atoms. The van der Waals surface area contributed by atoms with Gasteiger partial charge in [-0.05, 0) is 24.6 Å². The maximum absolute atomic E-state index is 5.82. The number of nitrogens with two attached hydrogens (primary N) is 1. The Morgan fingerprint density at radius 2 is 2.15 bits per heavy atom. The highest BCUT2D eigenvalue weighted by Crippen LogP contribution is 2.27. The molecule has 1 unspecified atom stereocenters. The van der Waals surface area contributed by atoms with E-state index in [1.54, 1.807) is 6.20 Å². The van der Waals surface area contributed by atoms with Crippen LogP contribution in [0.5, 0.6) is 0 Å². The average molecular weight is 306 g/mol. The summed E-state index contributed by atoms with van der Waals surface area (Å²) in [5.41, 5.74) is 7.77. The van der Waals surface area contributed by atoms with Crippen molar-refractivity contribution in [2.24, 2.45) is 0 Å². The molecule has 0 aliphatic rings. The summed E-state index contributed by atoms with van der Waals surface area (Å²) in [5.74, 6) is 0.647. The minimum atomic E-state index is 0.0792. The fourth-order valence-corrected chi connectivity index (χ4v) is 2.88. The minimum Gasteiger partial charge on any atom is -0.375 e. The second kappa shape index (κ2) is 5.22. The van der Waals surface area contributed by atoms with E-state index in [0.717, 1.165) is 15.8 Å². The fourth-order valence-electron chi connectivity index (χ4n) is 1.95. The highest BCUT2D eigenvalue weighted by molar-refractivity contribution is 7.22. The third kappa shape index (κ3) is 2.66. The minimum absolute atomic E-state index is 0.0792. The largest absolute Gasteiger partial charge is 0.375 e. The van der Waals surface area contributed by atoms with Crippen LogP contribution in [0.25, 0.3) is 10.2 Å². The number of rotatable bonds is 3. The molecule has 0 amide bonds. The number of nitrogens with zero attached hydrogens (tertiary/aromatic N) is 3. The molecule has 5 nitrogen and oxygen atoms in total. The highest BCUT2D eigenvalue weighted by atomic mass is 35.5. The first kappa shape index (κ1) is 13.1. The van der Waals surface area contributed by atoms with Gasteiger partial charge in [-0.1, -0.05) is 29.0 Å². The first-order valence-corrected chi connectivity index (χ1v) is 7.21. The van der Waals surface area contributed by atoms with Crippen molar-refractivity contribution in [2.75, 3.05) is 11.1 Å². The van der Waals surface area contributed by atoms with E-state index in [4.69, 9.17) is 17.3 Å². The molecule has 2 aromatic heterocycles. The molecule has 2 heterocycles. The van der Waals surface area contributed by atoms with Gasteiger partial charge in [-0.2, -0.15) is 0 Å². The Kier molecular flexibility index (Phi) is 3.42. The summed E-state index contributed by atoms with van der Waals surface area (Å²) in [6.07, 6.45) is 3.15. The summed E-state index contributed by atoms with van der Waals surface area (Å²) >= 11 is 7.30. The molecule has 0 saturated heterocycles. The molecule has 0 aliphatic carbocycles. The zero-order chi connectivity index (χ0) is 14.1. The summed E-state index contributed by atoms with van der Waals surface area (Å²) in [5, 5.41) is 4.22. The molecule has 3 N–H and O–H groups in total. The Morgan fingerprint density at radius 1 is 1.30 bits per heavy atom. The van der Waals surface area contributed by atoms with Crippen LogP contribution in [0.4, 0.5) is 10.9 Å². The Bertz CT molecular complexity index is 757. The molecule has 0 aliphatic heterocycles. The van der Waals surface area contributed by atoms with Crippen molar-refractivity contribution in [1.82, 2.24) is 15.0 Å². The van der Waals surface area contributed by atoms with Gasteiger partial charge in [0.15, 0.2) is 5.13 Å². The van der Waals surface area contributed by atoms with Gasteiger partial charge in [-0.15, -0.1) is 0 Å². The number of nitrogen functional groups attached to an aromatic ring is 1. The topological polar surface area (TPSA) is 76.7 Å². The maximum atomic E-state index is 5.82. The van der Waals surface area contributed by atoms with Gasteiger partial charge in [0.1, 0.15) is 11.0 Å². The van der Waals surface area contributed by atoms with E-state index in [0.29, 0.717) is 16.1 Å². The Morgan fingerprint density at radius 3 is 2.95 bits per heavy atom. The van der Waals surface area contributed by atoms with Crippen LogP contribution in [0, 0.1) is 0 Å². The highest BCUT2D eigenvalue weighted by Gasteiger charge is 2.09. The molecule has 0 saturated carbocycles. The lowest BCUT2D eigenvalue weighted by Gasteiger charge is -2.14. The molecule has 1 aromatic carbocycles. The zero-order valence-electron chi connectivity index (χ0n) is 10.7. The van der Waals surface area contributed by atoms with Crippen LogP contribution in [0.3, 0.4) is 0 Å². The molecule has 0 radical (unpaired) electrons. The number of aromatic nitrogens is 3. The van der Waals surface area contributed by atoms with Gasteiger partial charge in [0, 0.05) is 0 Å². The van der Waals surface area contributed by atoms with Crippen molar-refractivity contribution < 1.29 is 0 Å². The van der Waals surface area contributed by atoms with Gasteiger partial charge in [-0.25, -0.2) is 9.97 Å². The lowest BCUT2D eigenvalue weighted by Crippen LogP contribution is -2.08. The van der Waals surface area contributed by atoms with Gasteiger partial charge < -0.3 is 11.1 Å². The van der Waals surface area contributed by atoms with Crippen molar-refractivity contribution in [1.29, 1.82) is 0 Å². The van der Waals surface area contributed by atoms with Crippen LogP contribution >= 0.6 is 22.9 Å². The number of hydrogen-bond acceptors (Lipinski definition) is 6. The number of benzene rings is 1. The molecule has 1 atom stereocenters. The first-order valence-electron chi connectivity index (χ1n) is 6.02. The van der Waals surface area contributed by atoms with Crippen molar-refractivity contribution in [3.63, 3.8) is 0 Å². The number of anilines is 2. The van der Waals surface area contributed by atoms with Gasteiger partial charge >= 0.3 is 0 Å². The SMILES string of the molecule is CC(Nc1cncc(Cl)n1)c1ccc2nc(N)sc2c1. The summed E-state index contributed by atoms with van der Waals surface area (Å²) < 4.78 is 1.07. The second-order valence-corrected chi connectivity index (χ2v) is 5.82. The van der Waals surface area contributed by atoms with Gasteiger partial charge in [0.25, 0.3) is 0 Å². The number of fused-ring (bicyclic) bond motifs is 1. The quantitative estimate of drug-likeness (QED) is 0.774. The van der Waals surface area contributed by atoms with Crippen molar-refractivity contribution in [2.45, 2.75) is 13.0 Å². The third-order valence-corrected chi connectivity index (χ3v) is 3.93. The Labute approximate surface area is 124 Å². The van der Waals surface area contributed by atoms with E-state index in [1.807, 2.05) is 19.1 Å². The molecule has 3 aromatic rings. The number of thiazole rings is 1. The van der Waals surface area contributed by atoms with E-state index in [1.165, 1.54) is 17.5 Å². The lowest BCUT2D eigenvalue weighted by atomic mass is 10.1. The normalized spacial score (nSPS) is 12.5. The molecule has 102 valence electrons. The maximum Gasteiger partial charge on any atom is 0.181 e. The molecule has 0 fully saturated rings. The Balaban J connectivity index is 1.86. The van der Waals surface area contributed by atoms with Gasteiger partial charge in [0.2, 0.25) is 0 Å². The van der Waals surface area contributed by atoms with Crippen LogP contribution in [0.2, 0.25) is 5.15 Å². The monoisotopic (exact) mass is 305 g/mol. The number of halogens is 1. The summed E-state index contributed by atoms with van der Waals surface area (Å²) in [6, 6.07) is 6.16. The van der Waals surface area contributed by atoms with E-state index in [-0.39, 0.29) is 6.04 Å². The predicted octanol–water partition coefficient (Wildman–Crippen LogP) is 3.50. The van der Waals surface area contributed by atoms with Crippen molar-refractivity contribution in [3.8, 4) is 0 Å². The molecule has 3 rings (SSSR count).